The maximum Gasteiger partial charge on any atom is 0.302 e. The van der Waals surface area contributed by atoms with Crippen LogP contribution in [0, 0.1) is 13.8 Å². The van der Waals surface area contributed by atoms with Crippen molar-refractivity contribution in [3.05, 3.63) is 49.9 Å². The molecule has 0 aliphatic heterocycles. The molecule has 0 aliphatic rings. The third kappa shape index (κ3) is 4.53. The van der Waals surface area contributed by atoms with E-state index in [2.05, 4.69) is 60.9 Å². The Hall–Kier alpha value is -2.19. The number of aromatic amines is 1. The fourth-order valence-electron chi connectivity index (χ4n) is 2.93. The number of halogens is 2. The van der Waals surface area contributed by atoms with Gasteiger partial charge in [-0.15, -0.1) is 10.2 Å². The van der Waals surface area contributed by atoms with E-state index in [1.54, 1.807) is 0 Å². The fraction of sp³-hybridized carbons (Fsp3) is 0.286. The molecule has 3 aromatic rings. The number of fused-ring (bicyclic) bond motifs is 1. The van der Waals surface area contributed by atoms with Gasteiger partial charge in [-0.1, -0.05) is 41.4 Å². The second kappa shape index (κ2) is 8.67. The Bertz CT molecular complexity index is 1120. The smallest absolute Gasteiger partial charge is 0.302 e. The Balaban J connectivity index is 1.80. The van der Waals surface area contributed by atoms with E-state index in [1.807, 2.05) is 38.1 Å². The maximum absolute atomic E-state index is 12.3. The number of nitrogens with zero attached hydrogens (tertiary/aromatic N) is 2. The van der Waals surface area contributed by atoms with Gasteiger partial charge in [0.2, 0.25) is 5.88 Å². The molecule has 1 aromatic heterocycles. The Morgan fingerprint density at radius 2 is 1.97 bits per heavy atom. The van der Waals surface area contributed by atoms with E-state index < -0.39 is 5.91 Å². The van der Waals surface area contributed by atoms with Gasteiger partial charge in [0.15, 0.2) is 12.3 Å². The highest BCUT2D eigenvalue weighted by atomic mass is 79.9. The normalized spacial score (nSPS) is 11.7. The lowest BCUT2D eigenvalue weighted by atomic mass is 10.0. The number of hydrogen-bond donors (Lipinski definition) is 2. The molecule has 0 atom stereocenters. The first-order valence-electron chi connectivity index (χ1n) is 9.06. The summed E-state index contributed by atoms with van der Waals surface area (Å²) in [5.41, 5.74) is 3.93. The number of azo groups is 1. The van der Waals surface area contributed by atoms with Crippen LogP contribution in [0.3, 0.4) is 0 Å². The number of aryl methyl sites for hydroxylation is 1. The van der Waals surface area contributed by atoms with Crippen molar-refractivity contribution in [1.29, 1.82) is 0 Å². The summed E-state index contributed by atoms with van der Waals surface area (Å²) in [4.78, 5) is 15.1. The highest BCUT2D eigenvalue weighted by Crippen LogP contribution is 2.40. The zero-order chi connectivity index (χ0) is 21.3. The van der Waals surface area contributed by atoms with Crippen LogP contribution in [0.2, 0.25) is 0 Å². The van der Waals surface area contributed by atoms with E-state index in [0.717, 1.165) is 31.2 Å². The molecule has 0 saturated carbocycles. The van der Waals surface area contributed by atoms with Crippen molar-refractivity contribution in [1.82, 2.24) is 4.98 Å². The zero-order valence-corrected chi connectivity index (χ0v) is 19.7. The van der Waals surface area contributed by atoms with E-state index in [0.29, 0.717) is 11.1 Å². The summed E-state index contributed by atoms with van der Waals surface area (Å²) >= 11 is 7.10. The molecule has 3 rings (SSSR count). The van der Waals surface area contributed by atoms with Gasteiger partial charge in [0.25, 0.3) is 0 Å². The summed E-state index contributed by atoms with van der Waals surface area (Å²) in [6.45, 7) is 7.74. The molecule has 6 nitrogen and oxygen atoms in total. The van der Waals surface area contributed by atoms with Crippen LogP contribution in [0.5, 0.6) is 11.6 Å². The molecule has 0 spiro atoms. The second-order valence-corrected chi connectivity index (χ2v) is 8.77. The maximum atomic E-state index is 12.3. The third-order valence-electron chi connectivity index (χ3n) is 4.56. The monoisotopic (exact) mass is 521 g/mol. The number of nitrogens with one attached hydrogen (secondary N) is 1. The fourth-order valence-corrected chi connectivity index (χ4v) is 4.20. The van der Waals surface area contributed by atoms with Gasteiger partial charge >= 0.3 is 5.91 Å². The van der Waals surface area contributed by atoms with Crippen molar-refractivity contribution in [2.75, 3.05) is 6.61 Å². The molecule has 0 unspecified atom stereocenters. The Labute approximate surface area is 185 Å². The van der Waals surface area contributed by atoms with Crippen LogP contribution in [0.15, 0.2) is 43.4 Å². The van der Waals surface area contributed by atoms with Gasteiger partial charge in [0, 0.05) is 9.86 Å². The predicted octanol–water partition coefficient (Wildman–Crippen LogP) is 6.83. The van der Waals surface area contributed by atoms with Crippen LogP contribution in [-0.4, -0.2) is 22.6 Å². The summed E-state index contributed by atoms with van der Waals surface area (Å²) in [5, 5.41) is 18.5. The van der Waals surface area contributed by atoms with Gasteiger partial charge in [-0.05, 0) is 65.0 Å². The molecule has 0 aliphatic carbocycles. The molecule has 29 heavy (non-hydrogen) atoms. The number of ether oxygens (including phenoxy) is 1. The minimum atomic E-state index is -0.548. The molecule has 0 bridgehead atoms. The molecule has 152 valence electrons. The number of aromatic hydroxyl groups is 1. The first kappa shape index (κ1) is 21.5. The molecule has 0 fully saturated rings. The summed E-state index contributed by atoms with van der Waals surface area (Å²) in [6, 6.07) is 7.63. The van der Waals surface area contributed by atoms with Crippen LogP contribution in [0.25, 0.3) is 10.9 Å². The molecular formula is C21H21Br2N3O3. The first-order valence-corrected chi connectivity index (χ1v) is 10.6. The molecule has 2 N–H and O–H groups in total. The summed E-state index contributed by atoms with van der Waals surface area (Å²) in [7, 11) is 0. The van der Waals surface area contributed by atoms with E-state index in [1.165, 1.54) is 0 Å². The van der Waals surface area contributed by atoms with Crippen molar-refractivity contribution in [2.45, 2.75) is 33.6 Å². The molecule has 2 aromatic carbocycles. The highest BCUT2D eigenvalue weighted by molar-refractivity contribution is 9.11. The molecule has 1 amide bonds. The van der Waals surface area contributed by atoms with Crippen LogP contribution in [0.1, 0.15) is 36.5 Å². The standard InChI is InChI=1S/C21H21Br2N3O3/c1-10(2)13-8-15(22)12(4)18(23)20(13)29-9-17(27)25-26-19-14-7-11(3)5-6-16(14)24-21(19)28/h5-8,10,24,28H,9H2,1-4H3. The average Bonchev–Trinajstić information content (AvgIpc) is 2.97. The number of carbonyl (C=O) groups excluding carboxylic acids is 1. The zero-order valence-electron chi connectivity index (χ0n) is 16.5. The number of rotatable bonds is 5. The summed E-state index contributed by atoms with van der Waals surface area (Å²) in [6.07, 6.45) is 0. The Kier molecular flexibility index (Phi) is 6.43. The van der Waals surface area contributed by atoms with Gasteiger partial charge in [-0.2, -0.15) is 0 Å². The van der Waals surface area contributed by atoms with Crippen LogP contribution >= 0.6 is 31.9 Å². The summed E-state index contributed by atoms with van der Waals surface area (Å²) in [5.74, 6) is 0.154. The van der Waals surface area contributed by atoms with Crippen LogP contribution < -0.4 is 4.74 Å². The molecular weight excluding hydrogens is 502 g/mol. The van der Waals surface area contributed by atoms with Crippen LogP contribution in [0.4, 0.5) is 5.69 Å². The molecule has 1 heterocycles. The van der Waals surface area contributed by atoms with Crippen molar-refractivity contribution in [2.24, 2.45) is 10.2 Å². The second-order valence-electron chi connectivity index (χ2n) is 7.12. The lowest BCUT2D eigenvalue weighted by Gasteiger charge is -2.17. The van der Waals surface area contributed by atoms with E-state index in [4.69, 9.17) is 4.74 Å². The SMILES string of the molecule is Cc1ccc2[nH]c(O)c(N=NC(=O)COc3c(C(C)C)cc(Br)c(C)c3Br)c2c1. The number of carbonyl (C=O) groups is 1. The largest absolute Gasteiger partial charge is 0.493 e. The van der Waals surface area contributed by atoms with E-state index >= 15 is 0 Å². The van der Waals surface area contributed by atoms with Crippen LogP contribution in [-0.2, 0) is 4.79 Å². The quantitative estimate of drug-likeness (QED) is 0.360. The number of hydrogen-bond acceptors (Lipinski definition) is 4. The third-order valence-corrected chi connectivity index (χ3v) is 6.34. The van der Waals surface area contributed by atoms with Crippen molar-refractivity contribution >= 4 is 54.4 Å². The van der Waals surface area contributed by atoms with Gasteiger partial charge in [-0.25, -0.2) is 0 Å². The van der Waals surface area contributed by atoms with Gasteiger partial charge < -0.3 is 14.8 Å². The lowest BCUT2D eigenvalue weighted by molar-refractivity contribution is -0.120. The number of aromatic nitrogens is 1. The summed E-state index contributed by atoms with van der Waals surface area (Å²) < 4.78 is 7.56. The lowest BCUT2D eigenvalue weighted by Crippen LogP contribution is -2.10. The first-order chi connectivity index (χ1) is 13.7. The van der Waals surface area contributed by atoms with Crippen molar-refractivity contribution < 1.29 is 14.6 Å². The number of H-pyrrole nitrogens is 1. The molecule has 0 saturated heterocycles. The van der Waals surface area contributed by atoms with Gasteiger partial charge in [0.1, 0.15) is 5.75 Å². The molecule has 8 heteroatoms. The van der Waals surface area contributed by atoms with E-state index in [-0.39, 0.29) is 24.1 Å². The highest BCUT2D eigenvalue weighted by Gasteiger charge is 2.18. The Morgan fingerprint density at radius 1 is 1.24 bits per heavy atom. The average molecular weight is 523 g/mol. The van der Waals surface area contributed by atoms with Gasteiger partial charge in [-0.3, -0.25) is 4.79 Å². The number of amides is 1. The predicted molar refractivity (Wildman–Crippen MR) is 120 cm³/mol. The topological polar surface area (TPSA) is 87.0 Å². The van der Waals surface area contributed by atoms with E-state index in [9.17, 15) is 9.90 Å². The minimum Gasteiger partial charge on any atom is -0.493 e. The molecule has 0 radical (unpaired) electrons. The minimum absolute atomic E-state index is 0.128. The van der Waals surface area contributed by atoms with Crippen molar-refractivity contribution in [3.8, 4) is 11.6 Å². The van der Waals surface area contributed by atoms with Gasteiger partial charge in [0.05, 0.1) is 9.99 Å². The number of benzene rings is 2. The Morgan fingerprint density at radius 3 is 2.66 bits per heavy atom. The van der Waals surface area contributed by atoms with Crippen molar-refractivity contribution in [3.63, 3.8) is 0 Å².